The Morgan fingerprint density at radius 3 is 2.74 bits per heavy atom. The van der Waals surface area contributed by atoms with Crippen LogP contribution in [0.25, 0.3) is 0 Å². The van der Waals surface area contributed by atoms with Gasteiger partial charge in [-0.15, -0.1) is 0 Å². The number of halogens is 1. The molecule has 1 aromatic carbocycles. The molecule has 1 fully saturated rings. The summed E-state index contributed by atoms with van der Waals surface area (Å²) in [6, 6.07) is 7.48. The maximum absolute atomic E-state index is 13.0. The van der Waals surface area contributed by atoms with Gasteiger partial charge in [-0.25, -0.2) is 8.42 Å². The van der Waals surface area contributed by atoms with Crippen LogP contribution in [0.2, 0.25) is 5.02 Å². The molecule has 0 radical (unpaired) electrons. The molecule has 0 spiro atoms. The van der Waals surface area contributed by atoms with Crippen LogP contribution in [0.1, 0.15) is 29.9 Å². The van der Waals surface area contributed by atoms with Gasteiger partial charge in [0.1, 0.15) is 10.6 Å². The van der Waals surface area contributed by atoms with E-state index in [9.17, 15) is 8.42 Å². The highest BCUT2D eigenvalue weighted by Gasteiger charge is 2.38. The Morgan fingerprint density at radius 1 is 1.35 bits per heavy atom. The van der Waals surface area contributed by atoms with E-state index in [0.717, 1.165) is 18.4 Å². The highest BCUT2D eigenvalue weighted by molar-refractivity contribution is 7.89. The zero-order valence-electron chi connectivity index (χ0n) is 13.1. The van der Waals surface area contributed by atoms with Crippen LogP contribution < -0.4 is 0 Å². The third kappa shape index (κ3) is 3.03. The second-order valence-corrected chi connectivity index (χ2v) is 8.10. The summed E-state index contributed by atoms with van der Waals surface area (Å²) in [6.45, 7) is 3.80. The quantitative estimate of drug-likeness (QED) is 0.844. The third-order valence-electron chi connectivity index (χ3n) is 4.27. The summed E-state index contributed by atoms with van der Waals surface area (Å²) in [6.07, 6.45) is 2.29. The van der Waals surface area contributed by atoms with Gasteiger partial charge in [-0.1, -0.05) is 35.0 Å². The molecule has 1 aliphatic heterocycles. The molecule has 1 aromatic heterocycles. The Hall–Kier alpha value is -1.37. The minimum Gasteiger partial charge on any atom is -0.360 e. The van der Waals surface area contributed by atoms with E-state index in [-0.39, 0.29) is 10.9 Å². The van der Waals surface area contributed by atoms with Crippen molar-refractivity contribution in [2.24, 2.45) is 0 Å². The molecule has 0 amide bonds. The lowest BCUT2D eigenvalue weighted by molar-refractivity contribution is 0.379. The summed E-state index contributed by atoms with van der Waals surface area (Å²) in [5.41, 5.74) is 1.38. The monoisotopic (exact) mass is 354 g/mol. The number of aryl methyl sites for hydroxylation is 2. The highest BCUT2D eigenvalue weighted by Crippen LogP contribution is 2.32. The van der Waals surface area contributed by atoms with E-state index in [4.69, 9.17) is 16.1 Å². The molecule has 0 saturated carbocycles. The van der Waals surface area contributed by atoms with Crippen LogP contribution in [-0.2, 0) is 16.4 Å². The highest BCUT2D eigenvalue weighted by atomic mass is 35.5. The minimum atomic E-state index is -3.60. The summed E-state index contributed by atoms with van der Waals surface area (Å²) >= 11 is 6.22. The molecule has 1 saturated heterocycles. The predicted octanol–water partition coefficient (Wildman–Crippen LogP) is 3.34. The summed E-state index contributed by atoms with van der Waals surface area (Å²) in [4.78, 5) is 0.198. The first kappa shape index (κ1) is 16.5. The van der Waals surface area contributed by atoms with Crippen LogP contribution in [0.4, 0.5) is 0 Å². The summed E-state index contributed by atoms with van der Waals surface area (Å²) in [5.74, 6) is 0.339. The van der Waals surface area contributed by atoms with E-state index < -0.39 is 10.0 Å². The molecule has 5 nitrogen and oxygen atoms in total. The fraction of sp³-hybridized carbons (Fsp3) is 0.438. The summed E-state index contributed by atoms with van der Waals surface area (Å²) in [5, 5.41) is 4.45. The fourth-order valence-corrected chi connectivity index (χ4v) is 5.41. The van der Waals surface area contributed by atoms with Crippen molar-refractivity contribution in [2.75, 3.05) is 6.54 Å². The van der Waals surface area contributed by atoms with Crippen LogP contribution >= 0.6 is 11.6 Å². The third-order valence-corrected chi connectivity index (χ3v) is 6.84. The first-order valence-corrected chi connectivity index (χ1v) is 9.41. The van der Waals surface area contributed by atoms with Crippen molar-refractivity contribution in [3.63, 3.8) is 0 Å². The fourth-order valence-electron chi connectivity index (χ4n) is 3.21. The lowest BCUT2D eigenvalue weighted by Crippen LogP contribution is -2.37. The van der Waals surface area contributed by atoms with Crippen molar-refractivity contribution in [1.82, 2.24) is 9.46 Å². The average molecular weight is 355 g/mol. The van der Waals surface area contributed by atoms with Crippen molar-refractivity contribution >= 4 is 21.6 Å². The van der Waals surface area contributed by atoms with Crippen molar-refractivity contribution < 1.29 is 12.9 Å². The molecule has 1 aliphatic rings. The summed E-state index contributed by atoms with van der Waals surface area (Å²) < 4.78 is 32.6. The Bertz CT molecular complexity index is 797. The van der Waals surface area contributed by atoms with E-state index in [1.54, 1.807) is 18.2 Å². The standard InChI is InChI=1S/C16H19ClN2O3S/c1-11-16(12(2)22-18-11)23(20,21)19-9-5-7-14(19)10-13-6-3-4-8-15(13)17/h3-4,6,8,14H,5,7,9-10H2,1-2H3. The lowest BCUT2D eigenvalue weighted by atomic mass is 10.0. The molecule has 1 atom stereocenters. The van der Waals surface area contributed by atoms with Gasteiger partial charge in [0.15, 0.2) is 5.76 Å². The zero-order chi connectivity index (χ0) is 16.6. The number of sulfonamides is 1. The van der Waals surface area contributed by atoms with Crippen LogP contribution in [-0.4, -0.2) is 30.5 Å². The van der Waals surface area contributed by atoms with Gasteiger partial charge in [0.2, 0.25) is 10.0 Å². The smallest absolute Gasteiger partial charge is 0.248 e. The zero-order valence-corrected chi connectivity index (χ0v) is 14.7. The number of hydrogen-bond donors (Lipinski definition) is 0. The summed E-state index contributed by atoms with van der Waals surface area (Å²) in [7, 11) is -3.60. The lowest BCUT2D eigenvalue weighted by Gasteiger charge is -2.24. The first-order chi connectivity index (χ1) is 10.9. The van der Waals surface area contributed by atoms with Crippen LogP contribution in [0.15, 0.2) is 33.7 Å². The molecule has 1 unspecified atom stereocenters. The van der Waals surface area contributed by atoms with Gasteiger partial charge in [0.25, 0.3) is 0 Å². The molecule has 2 aromatic rings. The molecule has 0 N–H and O–H groups in total. The van der Waals surface area contributed by atoms with E-state index in [1.165, 1.54) is 0 Å². The number of rotatable bonds is 4. The molecule has 2 heterocycles. The molecule has 0 aliphatic carbocycles. The molecular formula is C16H19ClN2O3S. The molecule has 124 valence electrons. The van der Waals surface area contributed by atoms with Gasteiger partial charge in [-0.3, -0.25) is 0 Å². The van der Waals surface area contributed by atoms with Crippen molar-refractivity contribution in [3.8, 4) is 0 Å². The Balaban J connectivity index is 1.91. The van der Waals surface area contributed by atoms with E-state index in [1.807, 2.05) is 24.3 Å². The molecule has 23 heavy (non-hydrogen) atoms. The number of aromatic nitrogens is 1. The molecule has 3 rings (SSSR count). The average Bonchev–Trinajstić information content (AvgIpc) is 3.09. The van der Waals surface area contributed by atoms with Crippen molar-refractivity contribution in [1.29, 1.82) is 0 Å². The molecule has 7 heteroatoms. The predicted molar refractivity (Wildman–Crippen MR) is 88.0 cm³/mol. The minimum absolute atomic E-state index is 0.0893. The van der Waals surface area contributed by atoms with Gasteiger partial charge < -0.3 is 4.52 Å². The largest absolute Gasteiger partial charge is 0.360 e. The van der Waals surface area contributed by atoms with E-state index in [2.05, 4.69) is 5.16 Å². The molecule has 0 bridgehead atoms. The second-order valence-electron chi connectivity index (χ2n) is 5.86. The van der Waals surface area contributed by atoms with Crippen LogP contribution in [0, 0.1) is 13.8 Å². The number of nitrogens with zero attached hydrogens (tertiary/aromatic N) is 2. The van der Waals surface area contributed by atoms with Gasteiger partial charge in [0.05, 0.1) is 0 Å². The van der Waals surface area contributed by atoms with Crippen molar-refractivity contribution in [2.45, 2.75) is 44.0 Å². The van der Waals surface area contributed by atoms with E-state index >= 15 is 0 Å². The van der Waals surface area contributed by atoms with Crippen molar-refractivity contribution in [3.05, 3.63) is 46.3 Å². The Morgan fingerprint density at radius 2 is 2.09 bits per heavy atom. The normalized spacial score (nSPS) is 19.3. The van der Waals surface area contributed by atoms with Crippen LogP contribution in [0.3, 0.4) is 0 Å². The van der Waals surface area contributed by atoms with Crippen LogP contribution in [0.5, 0.6) is 0 Å². The van der Waals surface area contributed by atoms with E-state index in [0.29, 0.717) is 29.4 Å². The number of benzene rings is 1. The van der Waals surface area contributed by atoms with Gasteiger partial charge in [0, 0.05) is 17.6 Å². The maximum atomic E-state index is 13.0. The first-order valence-electron chi connectivity index (χ1n) is 7.59. The maximum Gasteiger partial charge on any atom is 0.248 e. The second kappa shape index (κ2) is 6.26. The van der Waals surface area contributed by atoms with Gasteiger partial charge >= 0.3 is 0 Å². The Labute approximate surface area is 141 Å². The number of hydrogen-bond acceptors (Lipinski definition) is 4. The SMILES string of the molecule is Cc1noc(C)c1S(=O)(=O)N1CCCC1Cc1ccccc1Cl. The topological polar surface area (TPSA) is 63.4 Å². The molecular weight excluding hydrogens is 336 g/mol. The Kier molecular flexibility index (Phi) is 4.49. The van der Waals surface area contributed by atoms with Gasteiger partial charge in [-0.05, 0) is 44.7 Å². The van der Waals surface area contributed by atoms with Gasteiger partial charge in [-0.2, -0.15) is 4.31 Å².